The van der Waals surface area contributed by atoms with Crippen LogP contribution in [0.25, 0.3) is 0 Å². The van der Waals surface area contributed by atoms with Crippen molar-refractivity contribution in [2.75, 3.05) is 13.1 Å². The van der Waals surface area contributed by atoms with Crippen LogP contribution in [-0.4, -0.2) is 53.2 Å². The average molecular weight is 368 g/mol. The van der Waals surface area contributed by atoms with Crippen molar-refractivity contribution in [2.24, 2.45) is 5.41 Å². The molecule has 7 nitrogen and oxygen atoms in total. The number of carbonyl (C=O) groups is 3. The zero-order valence-electron chi connectivity index (χ0n) is 16.8. The summed E-state index contributed by atoms with van der Waals surface area (Å²) in [5.41, 5.74) is -1.41. The third kappa shape index (κ3) is 5.35. The fraction of sp³-hybridized carbons (Fsp3) is 0.842. The van der Waals surface area contributed by atoms with Crippen molar-refractivity contribution in [1.82, 2.24) is 10.2 Å². The van der Waals surface area contributed by atoms with Crippen molar-refractivity contribution in [2.45, 2.75) is 84.5 Å². The number of amides is 2. The first-order chi connectivity index (χ1) is 11.8. The minimum absolute atomic E-state index is 0.150. The van der Waals surface area contributed by atoms with Gasteiger partial charge in [-0.25, -0.2) is 9.59 Å². The molecule has 0 radical (unpaired) electrons. The van der Waals surface area contributed by atoms with E-state index in [4.69, 9.17) is 9.47 Å². The number of likely N-dealkylation sites (tertiary alicyclic amines) is 1. The lowest BCUT2D eigenvalue weighted by Gasteiger charge is -2.42. The lowest BCUT2D eigenvalue weighted by atomic mass is 9.74. The molecule has 1 saturated carbocycles. The molecule has 0 bridgehead atoms. The van der Waals surface area contributed by atoms with E-state index in [9.17, 15) is 14.4 Å². The van der Waals surface area contributed by atoms with Gasteiger partial charge in [0.05, 0.1) is 0 Å². The van der Waals surface area contributed by atoms with Crippen molar-refractivity contribution in [1.29, 1.82) is 0 Å². The molecule has 7 heteroatoms. The van der Waals surface area contributed by atoms with Gasteiger partial charge in [-0.3, -0.25) is 4.79 Å². The number of alkyl carbamates (subject to hydrolysis) is 1. The number of piperidine rings is 1. The number of rotatable bonds is 1. The number of ketones is 1. The van der Waals surface area contributed by atoms with Crippen molar-refractivity contribution in [3.05, 3.63) is 0 Å². The first-order valence-corrected chi connectivity index (χ1v) is 9.29. The van der Waals surface area contributed by atoms with Crippen LogP contribution in [0.2, 0.25) is 0 Å². The van der Waals surface area contributed by atoms with E-state index in [0.29, 0.717) is 38.8 Å². The molecule has 2 fully saturated rings. The van der Waals surface area contributed by atoms with Crippen molar-refractivity contribution in [3.63, 3.8) is 0 Å². The normalized spacial score (nSPS) is 23.1. The van der Waals surface area contributed by atoms with Gasteiger partial charge in [-0.05, 0) is 54.4 Å². The maximum absolute atomic E-state index is 12.2. The molecule has 0 aromatic carbocycles. The Balaban J connectivity index is 1.99. The predicted molar refractivity (Wildman–Crippen MR) is 96.9 cm³/mol. The number of nitrogens with zero attached hydrogens (tertiary/aromatic N) is 1. The Labute approximate surface area is 155 Å². The Morgan fingerprint density at radius 3 is 2.08 bits per heavy atom. The molecule has 1 N–H and O–H groups in total. The molecule has 0 aromatic rings. The zero-order chi connectivity index (χ0) is 19.8. The summed E-state index contributed by atoms with van der Waals surface area (Å²) in [5.74, 6) is 0.150. The third-order valence-electron chi connectivity index (χ3n) is 4.82. The van der Waals surface area contributed by atoms with Crippen LogP contribution in [0.4, 0.5) is 9.59 Å². The van der Waals surface area contributed by atoms with E-state index in [1.54, 1.807) is 4.90 Å². The molecule has 1 unspecified atom stereocenters. The number of hydrogen-bond donors (Lipinski definition) is 1. The van der Waals surface area contributed by atoms with Crippen LogP contribution in [0.5, 0.6) is 0 Å². The summed E-state index contributed by atoms with van der Waals surface area (Å²) in [6.07, 6.45) is 1.28. The lowest BCUT2D eigenvalue weighted by Crippen LogP contribution is -2.52. The van der Waals surface area contributed by atoms with Gasteiger partial charge < -0.3 is 19.7 Å². The molecule has 2 amide bonds. The van der Waals surface area contributed by atoms with Crippen molar-refractivity contribution >= 4 is 18.0 Å². The van der Waals surface area contributed by atoms with Crippen LogP contribution in [0.1, 0.15) is 67.2 Å². The standard InChI is InChI=1S/C19H32N2O5/c1-17(2,3)25-15(23)20-14-11-13(22)12-19(14)7-9-21(10-8-19)16(24)26-18(4,5)6/h14H,7-12H2,1-6H3,(H,20,23). The van der Waals surface area contributed by atoms with Gasteiger partial charge in [-0.2, -0.15) is 0 Å². The minimum Gasteiger partial charge on any atom is -0.444 e. The molecule has 1 saturated heterocycles. The summed E-state index contributed by atoms with van der Waals surface area (Å²) >= 11 is 0. The van der Waals surface area contributed by atoms with Crippen LogP contribution < -0.4 is 5.32 Å². The number of hydrogen-bond acceptors (Lipinski definition) is 5. The summed E-state index contributed by atoms with van der Waals surface area (Å²) < 4.78 is 10.8. The molecule has 2 aliphatic rings. The first-order valence-electron chi connectivity index (χ1n) is 9.29. The molecule has 0 aromatic heterocycles. The summed E-state index contributed by atoms with van der Waals surface area (Å²) in [4.78, 5) is 38.2. The van der Waals surface area contributed by atoms with E-state index < -0.39 is 17.3 Å². The van der Waals surface area contributed by atoms with Gasteiger partial charge in [0.1, 0.15) is 17.0 Å². The predicted octanol–water partition coefficient (Wildman–Crippen LogP) is 3.26. The molecule has 1 aliphatic heterocycles. The second kappa shape index (κ2) is 7.08. The summed E-state index contributed by atoms with van der Waals surface area (Å²) in [5, 5.41) is 2.89. The van der Waals surface area contributed by atoms with Crippen LogP contribution in [-0.2, 0) is 14.3 Å². The van der Waals surface area contributed by atoms with Crippen LogP contribution in [0.15, 0.2) is 0 Å². The minimum atomic E-state index is -0.583. The monoisotopic (exact) mass is 368 g/mol. The molecular weight excluding hydrogens is 336 g/mol. The molecule has 148 valence electrons. The van der Waals surface area contributed by atoms with Gasteiger partial charge >= 0.3 is 12.2 Å². The van der Waals surface area contributed by atoms with E-state index in [1.807, 2.05) is 41.5 Å². The molecular formula is C19H32N2O5. The highest BCUT2D eigenvalue weighted by Gasteiger charge is 2.50. The fourth-order valence-corrected chi connectivity index (χ4v) is 3.67. The Bertz CT molecular complexity index is 565. The zero-order valence-corrected chi connectivity index (χ0v) is 16.8. The number of carbonyl (C=O) groups excluding carboxylic acids is 3. The van der Waals surface area contributed by atoms with Gasteiger partial charge in [0.25, 0.3) is 0 Å². The molecule has 1 spiro atoms. The molecule has 1 atom stereocenters. The largest absolute Gasteiger partial charge is 0.444 e. The third-order valence-corrected chi connectivity index (χ3v) is 4.82. The Kier molecular flexibility index (Phi) is 5.59. The maximum Gasteiger partial charge on any atom is 0.410 e. The van der Waals surface area contributed by atoms with Crippen molar-refractivity contribution in [3.8, 4) is 0 Å². The topological polar surface area (TPSA) is 84.9 Å². The molecule has 1 aliphatic carbocycles. The number of ether oxygens (including phenoxy) is 2. The van der Waals surface area contributed by atoms with Gasteiger partial charge in [0.2, 0.25) is 0 Å². The van der Waals surface area contributed by atoms with E-state index in [2.05, 4.69) is 5.32 Å². The highest BCUT2D eigenvalue weighted by Crippen LogP contribution is 2.45. The van der Waals surface area contributed by atoms with E-state index in [1.165, 1.54) is 0 Å². The summed E-state index contributed by atoms with van der Waals surface area (Å²) in [6.45, 7) is 12.0. The highest BCUT2D eigenvalue weighted by molar-refractivity contribution is 5.84. The number of nitrogens with one attached hydrogen (secondary N) is 1. The van der Waals surface area contributed by atoms with Gasteiger partial charge in [0, 0.05) is 37.4 Å². The highest BCUT2D eigenvalue weighted by atomic mass is 16.6. The number of Topliss-reactive ketones (excluding diaryl/α,β-unsaturated/α-hetero) is 1. The molecule has 26 heavy (non-hydrogen) atoms. The second-order valence-corrected chi connectivity index (χ2v) is 9.45. The SMILES string of the molecule is CC(C)(C)OC(=O)NC1CC(=O)CC12CCN(C(=O)OC(C)(C)C)CC2. The van der Waals surface area contributed by atoms with E-state index >= 15 is 0 Å². The Morgan fingerprint density at radius 2 is 1.58 bits per heavy atom. The Morgan fingerprint density at radius 1 is 1.04 bits per heavy atom. The Hall–Kier alpha value is -1.79. The second-order valence-electron chi connectivity index (χ2n) is 9.45. The summed E-state index contributed by atoms with van der Waals surface area (Å²) in [6, 6.07) is -0.245. The molecule has 1 heterocycles. The van der Waals surface area contributed by atoms with E-state index in [0.717, 1.165) is 0 Å². The first kappa shape index (κ1) is 20.5. The fourth-order valence-electron chi connectivity index (χ4n) is 3.67. The molecule has 2 rings (SSSR count). The van der Waals surface area contributed by atoms with Crippen molar-refractivity contribution < 1.29 is 23.9 Å². The van der Waals surface area contributed by atoms with E-state index in [-0.39, 0.29) is 23.3 Å². The van der Waals surface area contributed by atoms with Gasteiger partial charge in [-0.15, -0.1) is 0 Å². The maximum atomic E-state index is 12.2. The van der Waals surface area contributed by atoms with Crippen LogP contribution in [0, 0.1) is 5.41 Å². The average Bonchev–Trinajstić information content (AvgIpc) is 2.71. The smallest absolute Gasteiger partial charge is 0.410 e. The summed E-state index contributed by atoms with van der Waals surface area (Å²) in [7, 11) is 0. The van der Waals surface area contributed by atoms with Gasteiger partial charge in [0.15, 0.2) is 0 Å². The quantitative estimate of drug-likeness (QED) is 0.768. The van der Waals surface area contributed by atoms with Gasteiger partial charge in [-0.1, -0.05) is 0 Å². The van der Waals surface area contributed by atoms with Crippen LogP contribution in [0.3, 0.4) is 0 Å². The lowest BCUT2D eigenvalue weighted by molar-refractivity contribution is -0.118. The van der Waals surface area contributed by atoms with Crippen LogP contribution >= 0.6 is 0 Å².